The van der Waals surface area contributed by atoms with Crippen LogP contribution in [-0.2, 0) is 6.54 Å². The number of hydrogen-bond donors (Lipinski definition) is 1. The van der Waals surface area contributed by atoms with E-state index in [1.54, 1.807) is 22.7 Å². The fourth-order valence-electron chi connectivity index (χ4n) is 1.28. The lowest BCUT2D eigenvalue weighted by molar-refractivity contribution is 0.585. The number of nitrogens with zero attached hydrogens (tertiary/aromatic N) is 2. The van der Waals surface area contributed by atoms with Crippen molar-refractivity contribution in [3.05, 3.63) is 20.4 Å². The van der Waals surface area contributed by atoms with Crippen molar-refractivity contribution < 1.29 is 0 Å². The molecule has 0 radical (unpaired) electrons. The first kappa shape index (κ1) is 13.1. The average Bonchev–Trinajstić information content (AvgIpc) is 2.84. The van der Waals surface area contributed by atoms with Crippen molar-refractivity contribution in [3.8, 4) is 9.88 Å². The average molecular weight is 332 g/mol. The molecular formula is C11H14BrN3S2. The Hall–Kier alpha value is -0.300. The van der Waals surface area contributed by atoms with Crippen LogP contribution in [0.2, 0.25) is 0 Å². The first-order chi connectivity index (χ1) is 8.06. The molecule has 2 aromatic heterocycles. The molecule has 17 heavy (non-hydrogen) atoms. The molecule has 0 spiro atoms. The molecule has 0 aliphatic carbocycles. The molecule has 0 aliphatic heterocycles. The molecule has 3 nitrogen and oxygen atoms in total. The van der Waals surface area contributed by atoms with Gasteiger partial charge in [-0.05, 0) is 34.5 Å². The van der Waals surface area contributed by atoms with E-state index < -0.39 is 0 Å². The van der Waals surface area contributed by atoms with E-state index in [-0.39, 0.29) is 0 Å². The Bertz CT molecular complexity index is 485. The van der Waals surface area contributed by atoms with E-state index in [4.69, 9.17) is 0 Å². The molecule has 1 N–H and O–H groups in total. The van der Waals surface area contributed by atoms with Crippen LogP contribution >= 0.6 is 38.6 Å². The summed E-state index contributed by atoms with van der Waals surface area (Å²) in [4.78, 5) is 1.18. The Kier molecular flexibility index (Phi) is 4.30. The zero-order valence-corrected chi connectivity index (χ0v) is 13.2. The third-order valence-corrected chi connectivity index (χ3v) is 5.43. The summed E-state index contributed by atoms with van der Waals surface area (Å²) in [5, 5.41) is 13.8. The fraction of sp³-hybridized carbons (Fsp3) is 0.455. The number of aromatic nitrogens is 2. The minimum absolute atomic E-state index is 0.473. The maximum Gasteiger partial charge on any atom is 0.157 e. The van der Waals surface area contributed by atoms with Crippen LogP contribution in [0, 0.1) is 6.92 Å². The van der Waals surface area contributed by atoms with Gasteiger partial charge < -0.3 is 5.32 Å². The van der Waals surface area contributed by atoms with E-state index >= 15 is 0 Å². The minimum Gasteiger partial charge on any atom is -0.308 e. The molecule has 0 bridgehead atoms. The second-order valence-electron chi connectivity index (χ2n) is 4.10. The number of nitrogens with one attached hydrogen (secondary N) is 1. The predicted octanol–water partition coefficient (Wildman–Crippen LogP) is 3.84. The van der Waals surface area contributed by atoms with Gasteiger partial charge in [-0.15, -0.1) is 21.5 Å². The lowest BCUT2D eigenvalue weighted by atomic mass is 10.3. The molecule has 0 saturated heterocycles. The topological polar surface area (TPSA) is 37.8 Å². The number of rotatable bonds is 4. The highest BCUT2D eigenvalue weighted by atomic mass is 79.9. The van der Waals surface area contributed by atoms with E-state index in [0.717, 1.165) is 16.6 Å². The predicted molar refractivity (Wildman–Crippen MR) is 77.6 cm³/mol. The number of thiophene rings is 1. The molecule has 2 rings (SSSR count). The van der Waals surface area contributed by atoms with Crippen LogP contribution in [0.25, 0.3) is 9.88 Å². The smallest absolute Gasteiger partial charge is 0.157 e. The third kappa shape index (κ3) is 3.34. The van der Waals surface area contributed by atoms with Crippen molar-refractivity contribution in [2.24, 2.45) is 0 Å². The minimum atomic E-state index is 0.473. The van der Waals surface area contributed by atoms with Gasteiger partial charge in [-0.3, -0.25) is 0 Å². The van der Waals surface area contributed by atoms with Crippen LogP contribution in [0.5, 0.6) is 0 Å². The van der Waals surface area contributed by atoms with E-state index in [0.29, 0.717) is 6.04 Å². The van der Waals surface area contributed by atoms with Gasteiger partial charge in [0.15, 0.2) is 5.01 Å². The SMILES string of the molecule is Cc1cc(-c2nnc(CNC(C)C)s2)sc1Br. The second-order valence-corrected chi connectivity index (χ2v) is 7.54. The Morgan fingerprint density at radius 3 is 2.71 bits per heavy atom. The summed E-state index contributed by atoms with van der Waals surface area (Å²) in [5.74, 6) is 0. The molecule has 92 valence electrons. The van der Waals surface area contributed by atoms with Gasteiger partial charge in [0, 0.05) is 12.6 Å². The van der Waals surface area contributed by atoms with Gasteiger partial charge >= 0.3 is 0 Å². The van der Waals surface area contributed by atoms with Gasteiger partial charge in [-0.25, -0.2) is 0 Å². The Balaban J connectivity index is 2.12. The molecule has 0 unspecified atom stereocenters. The standard InChI is InChI=1S/C11H14BrN3S2/c1-6(2)13-5-9-14-15-11(17-9)8-4-7(3)10(12)16-8/h4,6,13H,5H2,1-3H3. The van der Waals surface area contributed by atoms with Crippen molar-refractivity contribution in [1.82, 2.24) is 15.5 Å². The molecule has 0 aliphatic rings. The number of aryl methyl sites for hydroxylation is 1. The van der Waals surface area contributed by atoms with Crippen LogP contribution < -0.4 is 5.32 Å². The van der Waals surface area contributed by atoms with E-state index in [2.05, 4.69) is 58.3 Å². The van der Waals surface area contributed by atoms with Crippen LogP contribution in [-0.4, -0.2) is 16.2 Å². The van der Waals surface area contributed by atoms with Crippen molar-refractivity contribution in [2.45, 2.75) is 33.4 Å². The normalized spacial score (nSPS) is 11.4. The maximum absolute atomic E-state index is 4.24. The van der Waals surface area contributed by atoms with Gasteiger partial charge in [0.25, 0.3) is 0 Å². The quantitative estimate of drug-likeness (QED) is 0.924. The van der Waals surface area contributed by atoms with Crippen LogP contribution in [0.15, 0.2) is 9.85 Å². The Morgan fingerprint density at radius 1 is 1.35 bits per heavy atom. The first-order valence-corrected chi connectivity index (χ1v) is 7.81. The summed E-state index contributed by atoms with van der Waals surface area (Å²) in [6.07, 6.45) is 0. The lowest BCUT2D eigenvalue weighted by Gasteiger charge is -2.03. The van der Waals surface area contributed by atoms with Gasteiger partial charge in [0.1, 0.15) is 5.01 Å². The summed E-state index contributed by atoms with van der Waals surface area (Å²) < 4.78 is 1.17. The van der Waals surface area contributed by atoms with Crippen molar-refractivity contribution in [1.29, 1.82) is 0 Å². The molecule has 0 amide bonds. The molecule has 0 aromatic carbocycles. The number of hydrogen-bond acceptors (Lipinski definition) is 5. The highest BCUT2D eigenvalue weighted by Crippen LogP contribution is 2.35. The van der Waals surface area contributed by atoms with Crippen molar-refractivity contribution in [3.63, 3.8) is 0 Å². The van der Waals surface area contributed by atoms with E-state index in [1.165, 1.54) is 14.2 Å². The van der Waals surface area contributed by atoms with Gasteiger partial charge in [-0.1, -0.05) is 25.2 Å². The molecule has 2 aromatic rings. The second kappa shape index (κ2) is 5.56. The highest BCUT2D eigenvalue weighted by Gasteiger charge is 2.11. The molecule has 0 saturated carbocycles. The summed E-state index contributed by atoms with van der Waals surface area (Å²) >= 11 is 6.90. The Morgan fingerprint density at radius 2 is 2.12 bits per heavy atom. The van der Waals surface area contributed by atoms with Crippen molar-refractivity contribution >= 4 is 38.6 Å². The summed E-state index contributed by atoms with van der Waals surface area (Å²) in [7, 11) is 0. The fourth-order valence-corrected chi connectivity index (χ4v) is 3.65. The summed E-state index contributed by atoms with van der Waals surface area (Å²) in [6.45, 7) is 7.14. The number of halogens is 1. The van der Waals surface area contributed by atoms with E-state index in [9.17, 15) is 0 Å². The zero-order chi connectivity index (χ0) is 12.4. The van der Waals surface area contributed by atoms with E-state index in [1.807, 2.05) is 0 Å². The van der Waals surface area contributed by atoms with Crippen molar-refractivity contribution in [2.75, 3.05) is 0 Å². The van der Waals surface area contributed by atoms with Crippen LogP contribution in [0.1, 0.15) is 24.4 Å². The Labute approximate surface area is 117 Å². The molecule has 6 heteroatoms. The van der Waals surface area contributed by atoms with Gasteiger partial charge in [0.2, 0.25) is 0 Å². The zero-order valence-electron chi connectivity index (χ0n) is 9.95. The summed E-state index contributed by atoms with van der Waals surface area (Å²) in [5.41, 5.74) is 1.25. The third-order valence-electron chi connectivity index (χ3n) is 2.20. The van der Waals surface area contributed by atoms with Crippen LogP contribution in [0.3, 0.4) is 0 Å². The summed E-state index contributed by atoms with van der Waals surface area (Å²) in [6, 6.07) is 2.62. The van der Waals surface area contributed by atoms with Crippen LogP contribution in [0.4, 0.5) is 0 Å². The van der Waals surface area contributed by atoms with Gasteiger partial charge in [-0.2, -0.15) is 0 Å². The lowest BCUT2D eigenvalue weighted by Crippen LogP contribution is -2.21. The molecule has 0 fully saturated rings. The molecular weight excluding hydrogens is 318 g/mol. The molecule has 0 atom stereocenters. The monoisotopic (exact) mass is 331 g/mol. The first-order valence-electron chi connectivity index (χ1n) is 5.38. The largest absolute Gasteiger partial charge is 0.308 e. The van der Waals surface area contributed by atoms with Gasteiger partial charge in [0.05, 0.1) is 8.66 Å². The highest BCUT2D eigenvalue weighted by molar-refractivity contribution is 9.11. The molecule has 2 heterocycles. The maximum atomic E-state index is 4.24.